The summed E-state index contributed by atoms with van der Waals surface area (Å²) in [5.74, 6) is -2.20. The van der Waals surface area contributed by atoms with Crippen molar-refractivity contribution in [2.75, 3.05) is 18.5 Å². The van der Waals surface area contributed by atoms with Crippen LogP contribution in [-0.2, 0) is 9.59 Å². The van der Waals surface area contributed by atoms with E-state index in [1.807, 2.05) is 42.4 Å². The molecule has 5 N–H and O–H groups in total. The van der Waals surface area contributed by atoms with E-state index < -0.39 is 11.9 Å². The molecule has 0 aliphatic carbocycles. The van der Waals surface area contributed by atoms with Crippen LogP contribution >= 0.6 is 0 Å². The molecule has 0 radical (unpaired) electrons. The van der Waals surface area contributed by atoms with Gasteiger partial charge in [-0.25, -0.2) is 9.59 Å². The molecule has 2 aliphatic heterocycles. The summed E-state index contributed by atoms with van der Waals surface area (Å²) in [6.07, 6.45) is 12.6. The van der Waals surface area contributed by atoms with Crippen molar-refractivity contribution in [2.24, 2.45) is 5.73 Å². The first kappa shape index (κ1) is 30.0. The van der Waals surface area contributed by atoms with Gasteiger partial charge < -0.3 is 31.1 Å². The fraction of sp³-hybridized carbons (Fsp3) is 0.105. The number of carboxylic acid groups (broad SMARTS) is 2. The number of benzene rings is 4. The molecule has 0 bridgehead atoms. The normalized spacial score (nSPS) is 16.8. The summed E-state index contributed by atoms with van der Waals surface area (Å²) in [6, 6.07) is 29.2. The number of rotatable bonds is 9. The second-order valence-corrected chi connectivity index (χ2v) is 11.2. The number of nitrogens with one attached hydrogen (secondary N) is 1. The van der Waals surface area contributed by atoms with Crippen molar-refractivity contribution in [1.29, 1.82) is 0 Å². The molecule has 2 heterocycles. The van der Waals surface area contributed by atoms with Crippen LogP contribution in [0.25, 0.3) is 21.5 Å². The number of nitrogens with two attached hydrogens (primary N) is 1. The van der Waals surface area contributed by atoms with Gasteiger partial charge in [-0.3, -0.25) is 0 Å². The lowest BCUT2D eigenvalue weighted by molar-refractivity contribution is -0.133. The van der Waals surface area contributed by atoms with Crippen LogP contribution < -0.4 is 16.0 Å². The maximum Gasteiger partial charge on any atom is 0.335 e. The van der Waals surface area contributed by atoms with E-state index in [9.17, 15) is 19.8 Å². The Labute approximate surface area is 267 Å². The molecule has 0 fully saturated rings. The van der Waals surface area contributed by atoms with E-state index in [4.69, 9.17) is 5.73 Å². The average molecular weight is 611 g/mol. The molecule has 6 rings (SSSR count). The molecule has 8 heteroatoms. The van der Waals surface area contributed by atoms with Gasteiger partial charge in [0.2, 0.25) is 0 Å². The van der Waals surface area contributed by atoms with Crippen molar-refractivity contribution < 1.29 is 19.8 Å². The predicted octanol–water partition coefficient (Wildman–Crippen LogP) is 6.58. The van der Waals surface area contributed by atoms with Crippen molar-refractivity contribution in [3.05, 3.63) is 156 Å². The molecule has 0 saturated carbocycles. The molecule has 2 aliphatic rings. The Morgan fingerprint density at radius 3 is 2.13 bits per heavy atom. The van der Waals surface area contributed by atoms with Gasteiger partial charge in [-0.1, -0.05) is 72.8 Å². The number of dihydropyridines is 1. The first-order valence-electron chi connectivity index (χ1n) is 15.0. The first-order chi connectivity index (χ1) is 22.3. The molecular formula is C38H34N4O4. The fourth-order valence-electron chi connectivity index (χ4n) is 5.71. The number of aliphatic carboxylic acids is 2. The van der Waals surface area contributed by atoms with Crippen LogP contribution in [0.2, 0.25) is 0 Å². The molecule has 4 aromatic rings. The summed E-state index contributed by atoms with van der Waals surface area (Å²) in [5, 5.41) is 26.9. The van der Waals surface area contributed by atoms with Gasteiger partial charge in [-0.05, 0) is 76.5 Å². The van der Waals surface area contributed by atoms with E-state index in [2.05, 4.69) is 83.0 Å². The molecule has 1 atom stereocenters. The highest BCUT2D eigenvalue weighted by Gasteiger charge is 2.21. The topological polar surface area (TPSA) is 119 Å². The zero-order chi connectivity index (χ0) is 32.2. The standard InChI is InChI=1S/C38H34N4O4/c1-41-19-17-34(24-31(41)13-12-29(37(43)44)22-35(39)36-23-30(38(45)46)16-18-40-36)42(32-14-10-25-6-2-4-8-27(25)20-32)33-15-11-26-7-3-5-9-28(26)21-33/h2-12,14-17,19-24,31,40H,13,18,39H2,1H3,(H,43,44)(H,45,46)/b29-12+,35-22-. The number of hydrogen-bond donors (Lipinski definition) is 4. The molecule has 0 amide bonds. The summed E-state index contributed by atoms with van der Waals surface area (Å²) in [7, 11) is 1.96. The second-order valence-electron chi connectivity index (χ2n) is 11.2. The minimum Gasteiger partial charge on any atom is -0.478 e. The molecule has 0 spiro atoms. The number of hydrogen-bond acceptors (Lipinski definition) is 6. The summed E-state index contributed by atoms with van der Waals surface area (Å²) in [4.78, 5) is 27.9. The SMILES string of the molecule is CN1C=CC(N(c2ccc3ccccc3c2)c2ccc3ccccc3c2)=CC1C/C=C(\C=C(/N)C1=CC(C(=O)O)=CCN1)C(=O)O. The zero-order valence-electron chi connectivity index (χ0n) is 25.3. The van der Waals surface area contributed by atoms with Gasteiger partial charge in [0.05, 0.1) is 28.6 Å². The highest BCUT2D eigenvalue weighted by molar-refractivity contribution is 5.92. The highest BCUT2D eigenvalue weighted by atomic mass is 16.4. The van der Waals surface area contributed by atoms with Gasteiger partial charge in [-0.15, -0.1) is 0 Å². The maximum absolute atomic E-state index is 12.2. The quantitative estimate of drug-likeness (QED) is 0.124. The molecular weight excluding hydrogens is 576 g/mol. The lowest BCUT2D eigenvalue weighted by Crippen LogP contribution is -2.30. The van der Waals surface area contributed by atoms with E-state index in [0.717, 1.165) is 38.6 Å². The van der Waals surface area contributed by atoms with Crippen LogP contribution in [0.5, 0.6) is 0 Å². The third-order valence-electron chi connectivity index (χ3n) is 8.22. The molecule has 1 unspecified atom stereocenters. The van der Waals surface area contributed by atoms with Gasteiger partial charge in [0.15, 0.2) is 0 Å². The number of carboxylic acids is 2. The third kappa shape index (κ3) is 6.42. The number of anilines is 2. The zero-order valence-corrected chi connectivity index (χ0v) is 25.3. The van der Waals surface area contributed by atoms with Gasteiger partial charge in [0, 0.05) is 36.9 Å². The van der Waals surface area contributed by atoms with Gasteiger partial charge in [0.25, 0.3) is 0 Å². The largest absolute Gasteiger partial charge is 0.478 e. The van der Waals surface area contributed by atoms with Crippen molar-refractivity contribution in [2.45, 2.75) is 12.5 Å². The van der Waals surface area contributed by atoms with Crippen LogP contribution in [0.1, 0.15) is 6.42 Å². The second kappa shape index (κ2) is 12.9. The number of likely N-dealkylation sites (N-methyl/N-ethyl adjacent to an activating group) is 1. The molecule has 8 nitrogen and oxygen atoms in total. The van der Waals surface area contributed by atoms with E-state index in [0.29, 0.717) is 12.1 Å². The Kier molecular flexibility index (Phi) is 8.43. The third-order valence-corrected chi connectivity index (χ3v) is 8.22. The van der Waals surface area contributed by atoms with Gasteiger partial charge in [0.1, 0.15) is 0 Å². The van der Waals surface area contributed by atoms with E-state index in [-0.39, 0.29) is 29.4 Å². The molecule has 46 heavy (non-hydrogen) atoms. The summed E-state index contributed by atoms with van der Waals surface area (Å²) in [6.45, 7) is 0.284. The molecule has 4 aromatic carbocycles. The van der Waals surface area contributed by atoms with Crippen LogP contribution in [-0.4, -0.2) is 46.7 Å². The number of carbonyl (C=O) groups is 2. The summed E-state index contributed by atoms with van der Waals surface area (Å²) < 4.78 is 0. The Morgan fingerprint density at radius 2 is 1.54 bits per heavy atom. The Balaban J connectivity index is 1.36. The van der Waals surface area contributed by atoms with Crippen molar-refractivity contribution >= 4 is 44.9 Å². The van der Waals surface area contributed by atoms with Gasteiger partial charge >= 0.3 is 11.9 Å². The van der Waals surface area contributed by atoms with Crippen molar-refractivity contribution in [1.82, 2.24) is 10.2 Å². The lowest BCUT2D eigenvalue weighted by atomic mass is 10.0. The molecule has 230 valence electrons. The highest BCUT2D eigenvalue weighted by Crippen LogP contribution is 2.36. The average Bonchev–Trinajstić information content (AvgIpc) is 3.07. The monoisotopic (exact) mass is 610 g/mol. The van der Waals surface area contributed by atoms with Crippen LogP contribution in [0.3, 0.4) is 0 Å². The van der Waals surface area contributed by atoms with Crippen molar-refractivity contribution in [3.63, 3.8) is 0 Å². The van der Waals surface area contributed by atoms with Crippen LogP contribution in [0.15, 0.2) is 156 Å². The Morgan fingerprint density at radius 1 is 0.935 bits per heavy atom. The Hall–Kier alpha value is -6.02. The smallest absolute Gasteiger partial charge is 0.335 e. The van der Waals surface area contributed by atoms with E-state index in [1.54, 1.807) is 6.08 Å². The maximum atomic E-state index is 12.2. The summed E-state index contributed by atoms with van der Waals surface area (Å²) >= 11 is 0. The van der Waals surface area contributed by atoms with Gasteiger partial charge in [-0.2, -0.15) is 0 Å². The summed E-state index contributed by atoms with van der Waals surface area (Å²) in [5.41, 5.74) is 9.83. The fourth-order valence-corrected chi connectivity index (χ4v) is 5.71. The Bertz CT molecular complexity index is 1960. The lowest BCUT2D eigenvalue weighted by Gasteiger charge is -2.33. The van der Waals surface area contributed by atoms with E-state index >= 15 is 0 Å². The number of allylic oxidation sites excluding steroid dienone is 1. The first-order valence-corrected chi connectivity index (χ1v) is 15.0. The van der Waals surface area contributed by atoms with Crippen molar-refractivity contribution in [3.8, 4) is 0 Å². The molecule has 0 saturated heterocycles. The molecule has 0 aromatic heterocycles. The van der Waals surface area contributed by atoms with Crippen LogP contribution in [0, 0.1) is 0 Å². The minimum absolute atomic E-state index is 0.0189. The number of fused-ring (bicyclic) bond motifs is 2. The van der Waals surface area contributed by atoms with E-state index in [1.165, 1.54) is 18.2 Å². The van der Waals surface area contributed by atoms with Crippen LogP contribution in [0.4, 0.5) is 11.4 Å². The number of nitrogens with zero attached hydrogens (tertiary/aromatic N) is 2. The predicted molar refractivity (Wildman–Crippen MR) is 183 cm³/mol. The minimum atomic E-state index is -1.12.